The molecular formula is C23H25ClN3O2. The van der Waals surface area contributed by atoms with Crippen LogP contribution in [0.1, 0.15) is 36.8 Å². The first kappa shape index (κ1) is 19.9. The zero-order valence-electron chi connectivity index (χ0n) is 16.3. The number of nitrogens with two attached hydrogens (primary N) is 1. The molecule has 1 aliphatic carbocycles. The summed E-state index contributed by atoms with van der Waals surface area (Å²) in [5.74, 6) is 0. The van der Waals surface area contributed by atoms with Crippen LogP contribution in [0.4, 0.5) is 10.5 Å². The summed E-state index contributed by atoms with van der Waals surface area (Å²) in [4.78, 5) is 27.6. The van der Waals surface area contributed by atoms with Gasteiger partial charge < -0.3 is 10.6 Å². The number of carbonyl (C=O) groups excluding carboxylic acids is 2. The third-order valence-electron chi connectivity index (χ3n) is 6.52. The Hall–Kier alpha value is -2.37. The first-order valence-electron chi connectivity index (χ1n) is 10.1. The van der Waals surface area contributed by atoms with Crippen molar-refractivity contribution in [3.63, 3.8) is 0 Å². The van der Waals surface area contributed by atoms with Gasteiger partial charge in [-0.15, -0.1) is 0 Å². The van der Waals surface area contributed by atoms with Crippen molar-refractivity contribution in [3.05, 3.63) is 64.7 Å². The molecule has 2 aromatic carbocycles. The van der Waals surface area contributed by atoms with E-state index in [2.05, 4.69) is 6.07 Å². The van der Waals surface area contributed by atoms with Gasteiger partial charge in [0, 0.05) is 47.4 Å². The van der Waals surface area contributed by atoms with Crippen molar-refractivity contribution < 1.29 is 9.59 Å². The van der Waals surface area contributed by atoms with Gasteiger partial charge in [-0.25, -0.2) is 4.79 Å². The minimum Gasteiger partial charge on any atom is -0.330 e. The lowest BCUT2D eigenvalue weighted by Gasteiger charge is -2.42. The summed E-state index contributed by atoms with van der Waals surface area (Å²) < 4.78 is 0. The predicted octanol–water partition coefficient (Wildman–Crippen LogP) is 3.88. The predicted molar refractivity (Wildman–Crippen MR) is 115 cm³/mol. The minimum absolute atomic E-state index is 0.0424. The van der Waals surface area contributed by atoms with Crippen molar-refractivity contribution in [1.29, 1.82) is 0 Å². The van der Waals surface area contributed by atoms with E-state index in [0.717, 1.165) is 42.9 Å². The van der Waals surface area contributed by atoms with E-state index in [1.54, 1.807) is 29.2 Å². The third kappa shape index (κ3) is 3.77. The van der Waals surface area contributed by atoms with Gasteiger partial charge in [0.2, 0.25) is 6.29 Å². The van der Waals surface area contributed by atoms with Gasteiger partial charge in [-0.2, -0.15) is 0 Å². The van der Waals surface area contributed by atoms with Crippen LogP contribution in [0.2, 0.25) is 5.02 Å². The lowest BCUT2D eigenvalue weighted by Crippen LogP contribution is -2.46. The van der Waals surface area contributed by atoms with E-state index in [0.29, 0.717) is 18.7 Å². The van der Waals surface area contributed by atoms with Gasteiger partial charge in [0.15, 0.2) is 0 Å². The molecule has 29 heavy (non-hydrogen) atoms. The molecule has 1 aliphatic heterocycles. The molecule has 2 fully saturated rings. The second-order valence-corrected chi connectivity index (χ2v) is 8.44. The summed E-state index contributed by atoms with van der Waals surface area (Å²) in [6, 6.07) is 15.3. The SMILES string of the molecule is NCC1(c2cccc(Cl)c2)CCC(N2CCN(c3ccc([C]=O)cc3)C2=O)CC1. The Morgan fingerprint density at radius 1 is 1.10 bits per heavy atom. The number of hydrogen-bond donors (Lipinski definition) is 1. The smallest absolute Gasteiger partial charge is 0.324 e. The first-order chi connectivity index (χ1) is 14.1. The van der Waals surface area contributed by atoms with Crippen LogP contribution in [0, 0.1) is 0 Å². The Kier molecular flexibility index (Phi) is 5.61. The molecule has 1 saturated heterocycles. The summed E-state index contributed by atoms with van der Waals surface area (Å²) in [5.41, 5.74) is 8.66. The summed E-state index contributed by atoms with van der Waals surface area (Å²) >= 11 is 6.21. The van der Waals surface area contributed by atoms with Crippen LogP contribution in [0.25, 0.3) is 0 Å². The number of amides is 2. The molecule has 6 heteroatoms. The zero-order valence-corrected chi connectivity index (χ0v) is 17.1. The maximum Gasteiger partial charge on any atom is 0.324 e. The van der Waals surface area contributed by atoms with Crippen LogP contribution >= 0.6 is 11.6 Å². The average Bonchev–Trinajstić information content (AvgIpc) is 3.15. The number of benzene rings is 2. The van der Waals surface area contributed by atoms with E-state index in [1.165, 1.54) is 5.56 Å². The lowest BCUT2D eigenvalue weighted by molar-refractivity contribution is 0.156. The van der Waals surface area contributed by atoms with Crippen molar-refractivity contribution in [2.45, 2.75) is 37.1 Å². The monoisotopic (exact) mass is 410 g/mol. The molecule has 0 unspecified atom stereocenters. The second kappa shape index (κ2) is 8.17. The maximum atomic E-state index is 13.0. The van der Waals surface area contributed by atoms with Crippen LogP contribution in [0.5, 0.6) is 0 Å². The standard InChI is InChI=1S/C23H25ClN3O2/c24-19-3-1-2-18(14-19)23(16-25)10-8-21(9-11-23)27-13-12-26(22(27)29)20-6-4-17(15-28)5-7-20/h1-7,14,21H,8-13,16,25H2. The fraction of sp³-hybridized carbons (Fsp3) is 0.391. The number of urea groups is 1. The Bertz CT molecular complexity index is 891. The van der Waals surface area contributed by atoms with E-state index in [4.69, 9.17) is 17.3 Å². The molecule has 0 aromatic heterocycles. The highest BCUT2D eigenvalue weighted by molar-refractivity contribution is 6.30. The normalized spacial score (nSPS) is 24.8. The highest BCUT2D eigenvalue weighted by Crippen LogP contribution is 2.41. The molecule has 1 radical (unpaired) electrons. The van der Waals surface area contributed by atoms with E-state index in [1.807, 2.05) is 29.4 Å². The van der Waals surface area contributed by atoms with Crippen LogP contribution in [0.3, 0.4) is 0 Å². The van der Waals surface area contributed by atoms with Crippen molar-refractivity contribution in [2.75, 3.05) is 24.5 Å². The summed E-state index contributed by atoms with van der Waals surface area (Å²) in [6.07, 6.45) is 5.62. The van der Waals surface area contributed by atoms with Gasteiger partial charge in [0.05, 0.1) is 0 Å². The van der Waals surface area contributed by atoms with Crippen molar-refractivity contribution in [1.82, 2.24) is 4.90 Å². The molecule has 2 amide bonds. The number of carbonyl (C=O) groups is 1. The second-order valence-electron chi connectivity index (χ2n) is 8.00. The summed E-state index contributed by atoms with van der Waals surface area (Å²) in [5, 5.41) is 0.737. The van der Waals surface area contributed by atoms with Gasteiger partial charge >= 0.3 is 6.03 Å². The molecule has 0 spiro atoms. The Balaban J connectivity index is 1.44. The van der Waals surface area contributed by atoms with Crippen molar-refractivity contribution in [2.24, 2.45) is 5.73 Å². The molecule has 4 rings (SSSR count). The number of hydrogen-bond acceptors (Lipinski definition) is 3. The average molecular weight is 411 g/mol. The van der Waals surface area contributed by atoms with E-state index < -0.39 is 0 Å². The molecular weight excluding hydrogens is 386 g/mol. The fourth-order valence-electron chi connectivity index (χ4n) is 4.74. The quantitative estimate of drug-likeness (QED) is 0.813. The van der Waals surface area contributed by atoms with Crippen LogP contribution in [-0.2, 0) is 10.2 Å². The number of nitrogens with zero attached hydrogens (tertiary/aromatic N) is 2. The topological polar surface area (TPSA) is 66.6 Å². The van der Waals surface area contributed by atoms with E-state index in [9.17, 15) is 9.59 Å². The highest BCUT2D eigenvalue weighted by Gasteiger charge is 2.41. The largest absolute Gasteiger partial charge is 0.330 e. The van der Waals surface area contributed by atoms with Crippen LogP contribution in [0.15, 0.2) is 48.5 Å². The minimum atomic E-state index is -0.0645. The zero-order chi connectivity index (χ0) is 20.4. The molecule has 1 heterocycles. The van der Waals surface area contributed by atoms with Crippen molar-refractivity contribution >= 4 is 29.6 Å². The van der Waals surface area contributed by atoms with Crippen LogP contribution < -0.4 is 10.6 Å². The van der Waals surface area contributed by atoms with Gasteiger partial charge in [-0.3, -0.25) is 9.69 Å². The fourth-order valence-corrected chi connectivity index (χ4v) is 4.93. The molecule has 2 aliphatic rings. The molecule has 2 aromatic rings. The van der Waals surface area contributed by atoms with Crippen molar-refractivity contribution in [3.8, 4) is 0 Å². The third-order valence-corrected chi connectivity index (χ3v) is 6.75. The molecule has 0 atom stereocenters. The summed E-state index contributed by atoms with van der Waals surface area (Å²) in [7, 11) is 0. The molecule has 1 saturated carbocycles. The highest BCUT2D eigenvalue weighted by atomic mass is 35.5. The van der Waals surface area contributed by atoms with E-state index in [-0.39, 0.29) is 17.5 Å². The Morgan fingerprint density at radius 3 is 2.45 bits per heavy atom. The first-order valence-corrected chi connectivity index (χ1v) is 10.5. The number of rotatable bonds is 5. The van der Waals surface area contributed by atoms with E-state index >= 15 is 0 Å². The van der Waals surface area contributed by atoms with Gasteiger partial charge in [0.1, 0.15) is 0 Å². The maximum absolute atomic E-state index is 13.0. The molecule has 0 bridgehead atoms. The van der Waals surface area contributed by atoms with Crippen LogP contribution in [-0.4, -0.2) is 42.9 Å². The molecule has 5 nitrogen and oxygen atoms in total. The Morgan fingerprint density at radius 2 is 1.83 bits per heavy atom. The Labute approximate surface area is 176 Å². The van der Waals surface area contributed by atoms with Gasteiger partial charge in [0.25, 0.3) is 0 Å². The van der Waals surface area contributed by atoms with Gasteiger partial charge in [-0.05, 0) is 67.6 Å². The lowest BCUT2D eigenvalue weighted by atomic mass is 9.68. The number of halogens is 1. The molecule has 151 valence electrons. The molecule has 2 N–H and O–H groups in total. The van der Waals surface area contributed by atoms with Gasteiger partial charge in [-0.1, -0.05) is 23.7 Å². The summed E-state index contributed by atoms with van der Waals surface area (Å²) in [6.45, 7) is 1.97. The number of anilines is 1.